The quantitative estimate of drug-likeness (QED) is 0.674. The van der Waals surface area contributed by atoms with E-state index in [4.69, 9.17) is 9.84 Å². The summed E-state index contributed by atoms with van der Waals surface area (Å²) in [4.78, 5) is 11.8. The van der Waals surface area contributed by atoms with Gasteiger partial charge in [-0.3, -0.25) is 4.79 Å². The summed E-state index contributed by atoms with van der Waals surface area (Å²) in [6, 6.07) is 7.54. The van der Waals surface area contributed by atoms with Gasteiger partial charge in [0.2, 0.25) is 5.91 Å². The van der Waals surface area contributed by atoms with E-state index >= 15 is 0 Å². The van der Waals surface area contributed by atoms with Crippen LogP contribution in [-0.4, -0.2) is 42.8 Å². The van der Waals surface area contributed by atoms with Crippen LogP contribution in [0.4, 0.5) is 0 Å². The van der Waals surface area contributed by atoms with E-state index in [1.165, 1.54) is 0 Å². The fourth-order valence-corrected chi connectivity index (χ4v) is 2.40. The molecule has 0 spiro atoms. The predicted molar refractivity (Wildman–Crippen MR) is 78.7 cm³/mol. The summed E-state index contributed by atoms with van der Waals surface area (Å²) in [5, 5.41) is 11.5. The average molecular weight is 283 g/mol. The predicted octanol–water partition coefficient (Wildman–Crippen LogP) is 1.47. The zero-order valence-corrected chi connectivity index (χ0v) is 12.0. The van der Waals surface area contributed by atoms with E-state index < -0.39 is 0 Å². The van der Waals surface area contributed by atoms with Gasteiger partial charge in [-0.15, -0.1) is 0 Å². The number of nitrogens with one attached hydrogen (secondary N) is 1. The van der Waals surface area contributed by atoms with Crippen molar-refractivity contribution >= 4 is 17.7 Å². The zero-order valence-electron chi connectivity index (χ0n) is 11.2. The molecular weight excluding hydrogens is 262 g/mol. The van der Waals surface area contributed by atoms with Crippen molar-refractivity contribution < 1.29 is 14.6 Å². The molecule has 5 heteroatoms. The monoisotopic (exact) mass is 283 g/mol. The lowest BCUT2D eigenvalue weighted by molar-refractivity contribution is -0.120. The van der Waals surface area contributed by atoms with Gasteiger partial charge in [-0.05, 0) is 18.2 Å². The Morgan fingerprint density at radius 3 is 2.89 bits per heavy atom. The van der Waals surface area contributed by atoms with E-state index in [-0.39, 0.29) is 12.5 Å². The van der Waals surface area contributed by atoms with Crippen LogP contribution in [0, 0.1) is 0 Å². The van der Waals surface area contributed by atoms with Gasteiger partial charge >= 0.3 is 0 Å². The summed E-state index contributed by atoms with van der Waals surface area (Å²) in [7, 11) is 1.61. The van der Waals surface area contributed by atoms with Crippen molar-refractivity contribution in [2.24, 2.45) is 0 Å². The molecule has 106 valence electrons. The number of para-hydroxylation sites is 1. The molecule has 0 aliphatic heterocycles. The van der Waals surface area contributed by atoms with Gasteiger partial charge in [0, 0.05) is 24.5 Å². The van der Waals surface area contributed by atoms with Crippen molar-refractivity contribution in [1.29, 1.82) is 0 Å². The molecule has 4 nitrogen and oxygen atoms in total. The molecule has 0 bridgehead atoms. The summed E-state index contributed by atoms with van der Waals surface area (Å²) >= 11 is 1.73. The summed E-state index contributed by atoms with van der Waals surface area (Å²) in [6.07, 6.45) is 1.14. The standard InChI is InChI=1S/C14H21NO3S/c1-18-13-6-3-2-5-12(13)11-14(17)15-7-10-19-9-4-8-16/h2-3,5-6,16H,4,7-11H2,1H3,(H,15,17). The fourth-order valence-electron chi connectivity index (χ4n) is 1.62. The Labute approximate surface area is 118 Å². The van der Waals surface area contributed by atoms with E-state index in [9.17, 15) is 4.79 Å². The maximum absolute atomic E-state index is 11.8. The van der Waals surface area contributed by atoms with E-state index in [0.717, 1.165) is 29.2 Å². The Morgan fingerprint density at radius 1 is 1.37 bits per heavy atom. The van der Waals surface area contributed by atoms with Gasteiger partial charge in [-0.1, -0.05) is 18.2 Å². The molecule has 1 aromatic carbocycles. The molecular formula is C14H21NO3S. The number of hydrogen-bond acceptors (Lipinski definition) is 4. The van der Waals surface area contributed by atoms with Crippen LogP contribution >= 0.6 is 11.8 Å². The lowest BCUT2D eigenvalue weighted by Gasteiger charge is -2.08. The van der Waals surface area contributed by atoms with Crippen molar-refractivity contribution in [1.82, 2.24) is 5.32 Å². The summed E-state index contributed by atoms with van der Waals surface area (Å²) in [6.45, 7) is 0.886. The number of carbonyl (C=O) groups excluding carboxylic acids is 1. The Hall–Kier alpha value is -1.20. The van der Waals surface area contributed by atoms with Crippen molar-refractivity contribution in [3.8, 4) is 5.75 Å². The number of methoxy groups -OCH3 is 1. The zero-order chi connectivity index (χ0) is 13.9. The van der Waals surface area contributed by atoms with Crippen LogP contribution in [0.25, 0.3) is 0 Å². The van der Waals surface area contributed by atoms with Gasteiger partial charge in [0.1, 0.15) is 5.75 Å². The van der Waals surface area contributed by atoms with Crippen LogP contribution in [0.1, 0.15) is 12.0 Å². The summed E-state index contributed by atoms with van der Waals surface area (Å²) in [5.41, 5.74) is 0.899. The molecule has 0 aromatic heterocycles. The second-order valence-electron chi connectivity index (χ2n) is 4.03. The first kappa shape index (κ1) is 15.9. The normalized spacial score (nSPS) is 10.2. The molecule has 0 unspecified atom stereocenters. The lowest BCUT2D eigenvalue weighted by Crippen LogP contribution is -2.27. The van der Waals surface area contributed by atoms with Crippen LogP contribution in [0.2, 0.25) is 0 Å². The highest BCUT2D eigenvalue weighted by molar-refractivity contribution is 7.99. The SMILES string of the molecule is COc1ccccc1CC(=O)NCCSCCCO. The molecule has 0 heterocycles. The van der Waals surface area contributed by atoms with Crippen LogP contribution in [-0.2, 0) is 11.2 Å². The number of benzene rings is 1. The largest absolute Gasteiger partial charge is 0.496 e. The van der Waals surface area contributed by atoms with Crippen LogP contribution in [0.5, 0.6) is 5.75 Å². The minimum absolute atomic E-state index is 0.00672. The maximum atomic E-state index is 11.8. The average Bonchev–Trinajstić information content (AvgIpc) is 2.43. The highest BCUT2D eigenvalue weighted by Crippen LogP contribution is 2.17. The van der Waals surface area contributed by atoms with Gasteiger partial charge in [-0.25, -0.2) is 0 Å². The molecule has 0 radical (unpaired) electrons. The lowest BCUT2D eigenvalue weighted by atomic mass is 10.1. The summed E-state index contributed by atoms with van der Waals surface area (Å²) in [5.74, 6) is 2.55. The van der Waals surface area contributed by atoms with Crippen molar-refractivity contribution in [2.45, 2.75) is 12.8 Å². The van der Waals surface area contributed by atoms with Crippen molar-refractivity contribution in [3.63, 3.8) is 0 Å². The second kappa shape index (κ2) is 9.69. The van der Waals surface area contributed by atoms with Gasteiger partial charge in [0.25, 0.3) is 0 Å². The van der Waals surface area contributed by atoms with E-state index in [1.807, 2.05) is 24.3 Å². The van der Waals surface area contributed by atoms with E-state index in [2.05, 4.69) is 5.32 Å². The first-order valence-corrected chi connectivity index (χ1v) is 7.50. The van der Waals surface area contributed by atoms with E-state index in [1.54, 1.807) is 18.9 Å². The number of ether oxygens (including phenoxy) is 1. The molecule has 0 atom stereocenters. The first-order valence-electron chi connectivity index (χ1n) is 6.35. The smallest absolute Gasteiger partial charge is 0.224 e. The van der Waals surface area contributed by atoms with Crippen LogP contribution < -0.4 is 10.1 Å². The Balaban J connectivity index is 2.23. The number of aliphatic hydroxyl groups is 1. The fraction of sp³-hybridized carbons (Fsp3) is 0.500. The second-order valence-corrected chi connectivity index (χ2v) is 5.25. The Kier molecular flexibility index (Phi) is 8.09. The topological polar surface area (TPSA) is 58.6 Å². The highest BCUT2D eigenvalue weighted by atomic mass is 32.2. The molecule has 0 saturated carbocycles. The molecule has 1 aromatic rings. The molecule has 0 fully saturated rings. The molecule has 0 aliphatic rings. The number of rotatable bonds is 9. The Bertz CT molecular complexity index is 385. The molecule has 2 N–H and O–H groups in total. The van der Waals surface area contributed by atoms with Gasteiger partial charge in [0.15, 0.2) is 0 Å². The Morgan fingerprint density at radius 2 is 2.16 bits per heavy atom. The number of carbonyl (C=O) groups is 1. The maximum Gasteiger partial charge on any atom is 0.224 e. The van der Waals surface area contributed by atoms with Crippen molar-refractivity contribution in [3.05, 3.63) is 29.8 Å². The van der Waals surface area contributed by atoms with Gasteiger partial charge in [0.05, 0.1) is 13.5 Å². The summed E-state index contributed by atoms with van der Waals surface area (Å²) < 4.78 is 5.21. The molecule has 0 aliphatic carbocycles. The molecule has 1 amide bonds. The third kappa shape index (κ3) is 6.50. The first-order chi connectivity index (χ1) is 9.27. The minimum atomic E-state index is 0.00672. The minimum Gasteiger partial charge on any atom is -0.496 e. The van der Waals surface area contributed by atoms with Gasteiger partial charge < -0.3 is 15.2 Å². The van der Waals surface area contributed by atoms with Gasteiger partial charge in [-0.2, -0.15) is 11.8 Å². The third-order valence-corrected chi connectivity index (χ3v) is 3.63. The molecule has 0 saturated heterocycles. The highest BCUT2D eigenvalue weighted by Gasteiger charge is 2.07. The number of amides is 1. The molecule has 19 heavy (non-hydrogen) atoms. The number of hydrogen-bond donors (Lipinski definition) is 2. The van der Waals surface area contributed by atoms with Crippen LogP contribution in [0.3, 0.4) is 0 Å². The number of aliphatic hydroxyl groups excluding tert-OH is 1. The third-order valence-electron chi connectivity index (χ3n) is 2.56. The number of thioether (sulfide) groups is 1. The van der Waals surface area contributed by atoms with E-state index in [0.29, 0.717) is 13.0 Å². The molecule has 1 rings (SSSR count). The van der Waals surface area contributed by atoms with Crippen LogP contribution in [0.15, 0.2) is 24.3 Å². The van der Waals surface area contributed by atoms with Crippen molar-refractivity contribution in [2.75, 3.05) is 31.8 Å².